The normalized spacial score (nSPS) is 11.8. The number of benzene rings is 3. The van der Waals surface area contributed by atoms with Crippen LogP contribution in [0.3, 0.4) is 0 Å². The van der Waals surface area contributed by atoms with Crippen LogP contribution >= 0.6 is 11.6 Å². The minimum atomic E-state index is -3.92. The minimum Gasteiger partial charge on any atom is -0.497 e. The molecule has 0 radical (unpaired) electrons. The molecule has 0 aliphatic carbocycles. The molecule has 0 aliphatic rings. The number of sulfonamides is 1. The van der Waals surface area contributed by atoms with E-state index in [9.17, 15) is 18.0 Å². The molecule has 1 N–H and O–H groups in total. The zero-order chi connectivity index (χ0) is 30.0. The number of amides is 2. The van der Waals surface area contributed by atoms with Crippen LogP contribution in [0.1, 0.15) is 24.5 Å². The Morgan fingerprint density at radius 1 is 0.951 bits per heavy atom. The van der Waals surface area contributed by atoms with Crippen molar-refractivity contribution in [3.8, 4) is 11.5 Å². The van der Waals surface area contributed by atoms with E-state index in [1.54, 1.807) is 25.3 Å². The Balaban J connectivity index is 2.06. The molecular weight excluding hydrogens is 566 g/mol. The zero-order valence-corrected chi connectivity index (χ0v) is 25.2. The summed E-state index contributed by atoms with van der Waals surface area (Å²) in [6.45, 7) is 1.88. The first-order valence-corrected chi connectivity index (χ1v) is 15.3. The molecule has 0 saturated heterocycles. The summed E-state index contributed by atoms with van der Waals surface area (Å²) in [5.74, 6) is 0.0732. The summed E-state index contributed by atoms with van der Waals surface area (Å²) in [6, 6.07) is 20.1. The van der Waals surface area contributed by atoms with E-state index in [1.165, 1.54) is 30.2 Å². The van der Waals surface area contributed by atoms with Gasteiger partial charge in [0.1, 0.15) is 24.1 Å². The van der Waals surface area contributed by atoms with Crippen LogP contribution in [0, 0.1) is 0 Å². The summed E-state index contributed by atoms with van der Waals surface area (Å²) in [7, 11) is -0.925. The number of nitrogens with one attached hydrogen (secondary N) is 1. The highest BCUT2D eigenvalue weighted by Gasteiger charge is 2.33. The lowest BCUT2D eigenvalue weighted by Gasteiger charge is -2.33. The number of hydrogen-bond donors (Lipinski definition) is 1. The quantitative estimate of drug-likeness (QED) is 0.296. The fraction of sp³-hybridized carbons (Fsp3) is 0.333. The predicted octanol–water partition coefficient (Wildman–Crippen LogP) is 4.29. The molecule has 0 aromatic heterocycles. The maximum atomic E-state index is 14.1. The Labute approximate surface area is 247 Å². The van der Waals surface area contributed by atoms with Gasteiger partial charge in [-0.05, 0) is 47.9 Å². The fourth-order valence-corrected chi connectivity index (χ4v) is 5.41. The monoisotopic (exact) mass is 601 g/mol. The second kappa shape index (κ2) is 14.7. The number of anilines is 1. The molecule has 0 unspecified atom stereocenters. The van der Waals surface area contributed by atoms with Crippen LogP contribution in [-0.4, -0.2) is 64.7 Å². The molecule has 0 heterocycles. The van der Waals surface area contributed by atoms with Crippen molar-refractivity contribution in [1.29, 1.82) is 0 Å². The zero-order valence-electron chi connectivity index (χ0n) is 23.7. The van der Waals surface area contributed by atoms with Crippen molar-refractivity contribution < 1.29 is 27.5 Å². The average Bonchev–Trinajstić information content (AvgIpc) is 2.96. The molecule has 11 heteroatoms. The van der Waals surface area contributed by atoms with Gasteiger partial charge in [0, 0.05) is 19.5 Å². The van der Waals surface area contributed by atoms with E-state index >= 15 is 0 Å². The highest BCUT2D eigenvalue weighted by molar-refractivity contribution is 7.92. The van der Waals surface area contributed by atoms with E-state index < -0.39 is 28.5 Å². The summed E-state index contributed by atoms with van der Waals surface area (Å²) < 4.78 is 37.4. The smallest absolute Gasteiger partial charge is 0.244 e. The van der Waals surface area contributed by atoms with Crippen molar-refractivity contribution in [2.24, 2.45) is 0 Å². The third kappa shape index (κ3) is 8.86. The maximum absolute atomic E-state index is 14.1. The minimum absolute atomic E-state index is 0.0497. The molecule has 41 heavy (non-hydrogen) atoms. The van der Waals surface area contributed by atoms with Gasteiger partial charge in [0.2, 0.25) is 21.8 Å². The number of hydrogen-bond acceptors (Lipinski definition) is 6. The number of ether oxygens (including phenoxy) is 2. The number of nitrogens with zero attached hydrogens (tertiary/aromatic N) is 2. The van der Waals surface area contributed by atoms with Gasteiger partial charge in [-0.15, -0.1) is 0 Å². The molecule has 2 amide bonds. The Hall–Kier alpha value is -3.76. The molecule has 9 nitrogen and oxygen atoms in total. The van der Waals surface area contributed by atoms with Gasteiger partial charge in [-0.2, -0.15) is 0 Å². The van der Waals surface area contributed by atoms with Crippen molar-refractivity contribution in [3.63, 3.8) is 0 Å². The van der Waals surface area contributed by atoms with Crippen molar-refractivity contribution >= 4 is 39.1 Å². The Morgan fingerprint density at radius 3 is 2.27 bits per heavy atom. The Bertz CT molecular complexity index is 1440. The predicted molar refractivity (Wildman–Crippen MR) is 161 cm³/mol. The molecule has 220 valence electrons. The van der Waals surface area contributed by atoms with E-state index in [0.717, 1.165) is 21.7 Å². The average molecular weight is 602 g/mol. The molecule has 0 spiro atoms. The molecule has 0 fully saturated rings. The van der Waals surface area contributed by atoms with E-state index in [-0.39, 0.29) is 29.6 Å². The second-order valence-electron chi connectivity index (χ2n) is 9.46. The highest BCUT2D eigenvalue weighted by atomic mass is 35.5. The topological polar surface area (TPSA) is 105 Å². The summed E-state index contributed by atoms with van der Waals surface area (Å²) in [5, 5.41) is 3.11. The van der Waals surface area contributed by atoms with Crippen LogP contribution in [-0.2, 0) is 32.6 Å². The van der Waals surface area contributed by atoms with Gasteiger partial charge >= 0.3 is 0 Å². The molecule has 0 aliphatic heterocycles. The van der Waals surface area contributed by atoms with E-state index in [4.69, 9.17) is 21.1 Å². The van der Waals surface area contributed by atoms with Gasteiger partial charge in [-0.25, -0.2) is 8.42 Å². The Kier molecular flexibility index (Phi) is 11.4. The van der Waals surface area contributed by atoms with E-state index in [2.05, 4.69) is 5.32 Å². The van der Waals surface area contributed by atoms with Crippen molar-refractivity contribution in [3.05, 3.63) is 88.9 Å². The largest absolute Gasteiger partial charge is 0.497 e. The highest BCUT2D eigenvalue weighted by Crippen LogP contribution is 2.30. The van der Waals surface area contributed by atoms with Crippen LogP contribution in [0.5, 0.6) is 11.5 Å². The summed E-state index contributed by atoms with van der Waals surface area (Å²) in [5.41, 5.74) is 1.77. The summed E-state index contributed by atoms with van der Waals surface area (Å²) >= 11 is 6.28. The van der Waals surface area contributed by atoms with Gasteiger partial charge in [-0.3, -0.25) is 13.9 Å². The maximum Gasteiger partial charge on any atom is 0.244 e. The van der Waals surface area contributed by atoms with Gasteiger partial charge in [-0.1, -0.05) is 61.0 Å². The summed E-state index contributed by atoms with van der Waals surface area (Å²) in [6.07, 6.45) is 1.97. The van der Waals surface area contributed by atoms with Crippen LogP contribution in [0.25, 0.3) is 0 Å². The molecule has 3 aromatic rings. The molecule has 3 aromatic carbocycles. The molecular formula is C30H36ClN3O6S. The molecule has 0 bridgehead atoms. The van der Waals surface area contributed by atoms with Gasteiger partial charge in [0.25, 0.3) is 0 Å². The van der Waals surface area contributed by atoms with E-state index in [1.807, 2.05) is 43.3 Å². The van der Waals surface area contributed by atoms with Crippen molar-refractivity contribution in [2.75, 3.05) is 37.9 Å². The van der Waals surface area contributed by atoms with Gasteiger partial charge < -0.3 is 19.7 Å². The van der Waals surface area contributed by atoms with Crippen LogP contribution in [0.15, 0.2) is 72.8 Å². The molecule has 1 atom stereocenters. The van der Waals surface area contributed by atoms with Crippen LogP contribution in [0.2, 0.25) is 5.02 Å². The van der Waals surface area contributed by atoms with Crippen molar-refractivity contribution in [2.45, 2.75) is 32.4 Å². The fourth-order valence-electron chi connectivity index (χ4n) is 4.31. The number of carbonyl (C=O) groups excluding carboxylic acids is 2. The lowest BCUT2D eigenvalue weighted by molar-refractivity contribution is -0.140. The van der Waals surface area contributed by atoms with Crippen LogP contribution in [0.4, 0.5) is 5.69 Å². The van der Waals surface area contributed by atoms with E-state index in [0.29, 0.717) is 24.5 Å². The third-order valence-electron chi connectivity index (χ3n) is 6.41. The Morgan fingerprint density at radius 2 is 1.66 bits per heavy atom. The number of carbonyl (C=O) groups is 2. The number of rotatable bonds is 14. The summed E-state index contributed by atoms with van der Waals surface area (Å²) in [4.78, 5) is 29.1. The van der Waals surface area contributed by atoms with Gasteiger partial charge in [0.05, 0.1) is 31.2 Å². The number of methoxy groups -OCH3 is 2. The first kappa shape index (κ1) is 31.8. The SMILES string of the molecule is CCCNC(=O)[C@H](Cc1ccccc1)N(Cc1cccc(OC)c1)C(=O)CN(c1ccc(OC)c(Cl)c1)S(C)(=O)=O. The standard InChI is InChI=1S/C30H36ClN3O6S/c1-5-16-32-30(36)27(18-22-10-7-6-8-11-22)33(20-23-12-9-13-25(17-23)39-2)29(35)21-34(41(4,37)38)24-14-15-28(40-3)26(31)19-24/h6-15,17,19,27H,5,16,18,20-21H2,1-4H3,(H,32,36)/t27-/m0/s1. The number of halogens is 1. The van der Waals surface area contributed by atoms with Crippen molar-refractivity contribution in [1.82, 2.24) is 10.2 Å². The second-order valence-corrected chi connectivity index (χ2v) is 11.8. The first-order chi connectivity index (χ1) is 19.6. The first-order valence-electron chi connectivity index (χ1n) is 13.1. The lowest BCUT2D eigenvalue weighted by atomic mass is 10.0. The molecule has 0 saturated carbocycles. The lowest BCUT2D eigenvalue weighted by Crippen LogP contribution is -2.53. The third-order valence-corrected chi connectivity index (χ3v) is 7.85. The molecule has 3 rings (SSSR count). The van der Waals surface area contributed by atoms with Crippen LogP contribution < -0.4 is 19.1 Å². The van der Waals surface area contributed by atoms with Gasteiger partial charge in [0.15, 0.2) is 0 Å².